The summed E-state index contributed by atoms with van der Waals surface area (Å²) in [7, 11) is 0. The van der Waals surface area contributed by atoms with Crippen LogP contribution >= 0.6 is 23.2 Å². The molecule has 4 aliphatic heterocycles. The lowest BCUT2D eigenvalue weighted by atomic mass is 9.95. The van der Waals surface area contributed by atoms with E-state index in [-0.39, 0.29) is 37.0 Å². The lowest BCUT2D eigenvalue weighted by molar-refractivity contribution is -0.155. The van der Waals surface area contributed by atoms with Gasteiger partial charge in [0.25, 0.3) is 11.8 Å². The first-order valence-electron chi connectivity index (χ1n) is 20.7. The van der Waals surface area contributed by atoms with Crippen molar-refractivity contribution in [2.45, 2.75) is 77.0 Å². The second kappa shape index (κ2) is 19.7. The Bertz CT molecular complexity index is 2310. The monoisotopic (exact) mass is 888 g/mol. The van der Waals surface area contributed by atoms with Crippen molar-refractivity contribution in [3.8, 4) is 22.5 Å². The molecule has 6 heterocycles. The summed E-state index contributed by atoms with van der Waals surface area (Å²) in [5, 5.41) is 16.5. The quantitative estimate of drug-likeness (QED) is 0.152. The molecule has 2 aromatic heterocycles. The number of ether oxygens (including phenoxy) is 3. The molecule has 18 heteroatoms. The van der Waals surface area contributed by atoms with Crippen molar-refractivity contribution in [2.75, 3.05) is 63.2 Å². The lowest BCUT2D eigenvalue weighted by Crippen LogP contribution is -2.42. The van der Waals surface area contributed by atoms with Crippen LogP contribution in [-0.2, 0) is 36.6 Å². The number of hydrogen-bond acceptors (Lipinski definition) is 13. The van der Waals surface area contributed by atoms with Gasteiger partial charge >= 0.3 is 11.9 Å². The summed E-state index contributed by atoms with van der Waals surface area (Å²) < 4.78 is 16.2. The van der Waals surface area contributed by atoms with Crippen molar-refractivity contribution in [3.63, 3.8) is 0 Å². The van der Waals surface area contributed by atoms with Crippen LogP contribution in [0.1, 0.15) is 78.3 Å². The van der Waals surface area contributed by atoms with Gasteiger partial charge in [-0.2, -0.15) is 0 Å². The van der Waals surface area contributed by atoms with Crippen LogP contribution in [0, 0.1) is 0 Å². The number of aliphatic carboxylic acids is 1. The number of halogens is 2. The standard InChI is InChI=1S/C24H29ClN4O4.C20H21ClN4O4/c1-24(2,3)33-20(30)14-29-9-6-15-4-5-16(12-18(15)22(29)31)21-19(25)13-26-23(28-21)27-17-7-10-32-11-8-17;21-16-10-22-20(23-14-4-7-29-8-5-14)24-18(16)13-2-1-12-3-6-25(11-17(26)27)19(28)15(12)9-13/h4-5,12-13,17H,6-11,14H2,1-3H3,(H,26,27,28);1-2,9-10,14H,3-8,11H2,(H,26,27)(H,22,23,24). The highest BCUT2D eigenvalue weighted by Gasteiger charge is 2.30. The van der Waals surface area contributed by atoms with Gasteiger partial charge in [0.05, 0.1) is 33.8 Å². The maximum Gasteiger partial charge on any atom is 0.326 e. The molecule has 2 fully saturated rings. The van der Waals surface area contributed by atoms with Crippen LogP contribution in [0.3, 0.4) is 0 Å². The number of hydrogen-bond donors (Lipinski definition) is 3. The second-order valence-corrected chi connectivity index (χ2v) is 17.3. The van der Waals surface area contributed by atoms with Crippen LogP contribution in [-0.4, -0.2) is 129 Å². The number of rotatable bonds is 10. The minimum absolute atomic E-state index is 0.0762. The van der Waals surface area contributed by atoms with Gasteiger partial charge in [-0.3, -0.25) is 19.2 Å². The molecule has 0 saturated carbocycles. The van der Waals surface area contributed by atoms with Gasteiger partial charge < -0.3 is 39.8 Å². The highest BCUT2D eigenvalue weighted by molar-refractivity contribution is 6.33. The predicted molar refractivity (Wildman–Crippen MR) is 233 cm³/mol. The first kappa shape index (κ1) is 44.6. The number of fused-ring (bicyclic) bond motifs is 2. The molecule has 2 amide bonds. The third-order valence-electron chi connectivity index (χ3n) is 10.8. The molecule has 0 atom stereocenters. The Morgan fingerprint density at radius 3 is 1.60 bits per heavy atom. The summed E-state index contributed by atoms with van der Waals surface area (Å²) >= 11 is 12.8. The van der Waals surface area contributed by atoms with E-state index >= 15 is 0 Å². The molecule has 4 aliphatic rings. The predicted octanol–water partition coefficient (Wildman–Crippen LogP) is 6.20. The number of carboxylic acids is 1. The number of nitrogens with zero attached hydrogens (tertiary/aromatic N) is 6. The van der Waals surface area contributed by atoms with E-state index in [4.69, 9.17) is 42.5 Å². The molecule has 62 heavy (non-hydrogen) atoms. The molecule has 4 aromatic rings. The minimum atomic E-state index is -1.03. The fourth-order valence-electron chi connectivity index (χ4n) is 7.66. The largest absolute Gasteiger partial charge is 0.480 e. The number of carbonyl (C=O) groups excluding carboxylic acids is 3. The smallest absolute Gasteiger partial charge is 0.326 e. The fourth-order valence-corrected chi connectivity index (χ4v) is 8.06. The summed E-state index contributed by atoms with van der Waals surface area (Å²) in [6.45, 7) is 8.74. The molecule has 3 N–H and O–H groups in total. The molecular formula is C44H50Cl2N8O8. The van der Waals surface area contributed by atoms with E-state index in [1.807, 2.05) is 24.3 Å². The summed E-state index contributed by atoms with van der Waals surface area (Å²) in [6.07, 6.45) is 7.94. The van der Waals surface area contributed by atoms with Gasteiger partial charge in [-0.15, -0.1) is 0 Å². The van der Waals surface area contributed by atoms with Gasteiger partial charge in [0, 0.05) is 73.9 Å². The molecule has 2 saturated heterocycles. The Morgan fingerprint density at radius 2 is 1.18 bits per heavy atom. The molecule has 0 bridgehead atoms. The van der Waals surface area contributed by atoms with Crippen LogP contribution in [0.15, 0.2) is 48.8 Å². The lowest BCUT2D eigenvalue weighted by Gasteiger charge is -2.29. The average molecular weight is 890 g/mol. The first-order chi connectivity index (χ1) is 29.7. The molecule has 8 rings (SSSR count). The van der Waals surface area contributed by atoms with Crippen LogP contribution in [0.25, 0.3) is 22.5 Å². The maximum absolute atomic E-state index is 13.1. The van der Waals surface area contributed by atoms with E-state index in [1.54, 1.807) is 45.3 Å². The Labute approximate surface area is 369 Å². The SMILES string of the molecule is CC(C)(C)OC(=O)CN1CCc2ccc(-c3nc(NC4CCOCC4)ncc3Cl)cc2C1=O.O=C(O)CN1CCc2ccc(-c3nc(NC4CCOCC4)ncc3Cl)cc2C1=O. The molecular weight excluding hydrogens is 839 g/mol. The number of amides is 2. The molecule has 0 unspecified atom stereocenters. The van der Waals surface area contributed by atoms with E-state index in [1.165, 1.54) is 9.80 Å². The molecule has 2 aromatic carbocycles. The number of benzene rings is 2. The third kappa shape index (κ3) is 11.3. The van der Waals surface area contributed by atoms with Crippen LogP contribution in [0.2, 0.25) is 10.0 Å². The summed E-state index contributed by atoms with van der Waals surface area (Å²) in [5.41, 5.74) is 4.78. The number of carboxylic acid groups (broad SMARTS) is 1. The van der Waals surface area contributed by atoms with E-state index in [0.29, 0.717) is 102 Å². The van der Waals surface area contributed by atoms with Crippen molar-refractivity contribution in [1.82, 2.24) is 29.7 Å². The van der Waals surface area contributed by atoms with E-state index in [0.717, 1.165) is 42.4 Å². The van der Waals surface area contributed by atoms with Gasteiger partial charge in [0.1, 0.15) is 18.7 Å². The maximum atomic E-state index is 13.1. The Kier molecular flexibility index (Phi) is 14.2. The van der Waals surface area contributed by atoms with E-state index in [2.05, 4.69) is 30.6 Å². The summed E-state index contributed by atoms with van der Waals surface area (Å²) in [5.74, 6) is -0.959. The third-order valence-corrected chi connectivity index (χ3v) is 11.3. The molecule has 0 radical (unpaired) electrons. The Balaban J connectivity index is 0.000000188. The molecule has 16 nitrogen and oxygen atoms in total. The van der Waals surface area contributed by atoms with Gasteiger partial charge in [-0.25, -0.2) is 19.9 Å². The topological polar surface area (TPSA) is 198 Å². The summed E-state index contributed by atoms with van der Waals surface area (Å²) in [4.78, 5) is 69.8. The number of anilines is 2. The number of esters is 1. The Morgan fingerprint density at radius 1 is 0.742 bits per heavy atom. The van der Waals surface area contributed by atoms with Crippen molar-refractivity contribution < 1.29 is 38.5 Å². The van der Waals surface area contributed by atoms with Crippen molar-refractivity contribution in [2.24, 2.45) is 0 Å². The Hall–Kier alpha value is -5.42. The van der Waals surface area contributed by atoms with Crippen LogP contribution < -0.4 is 10.6 Å². The zero-order valence-electron chi connectivity index (χ0n) is 34.9. The van der Waals surface area contributed by atoms with Crippen molar-refractivity contribution in [3.05, 3.63) is 81.1 Å². The highest BCUT2D eigenvalue weighted by Crippen LogP contribution is 2.32. The van der Waals surface area contributed by atoms with Crippen molar-refractivity contribution >= 4 is 58.9 Å². The zero-order valence-corrected chi connectivity index (χ0v) is 36.4. The van der Waals surface area contributed by atoms with Crippen molar-refractivity contribution in [1.29, 1.82) is 0 Å². The van der Waals surface area contributed by atoms with E-state index in [9.17, 15) is 19.2 Å². The van der Waals surface area contributed by atoms with Gasteiger partial charge in [0.15, 0.2) is 0 Å². The van der Waals surface area contributed by atoms with E-state index < -0.39 is 17.5 Å². The van der Waals surface area contributed by atoms with Crippen LogP contribution in [0.5, 0.6) is 0 Å². The normalized spacial score (nSPS) is 17.0. The molecule has 0 aliphatic carbocycles. The molecule has 0 spiro atoms. The number of carbonyl (C=O) groups is 4. The molecule has 328 valence electrons. The van der Waals surface area contributed by atoms with Crippen LogP contribution in [0.4, 0.5) is 11.9 Å². The highest BCUT2D eigenvalue weighted by atomic mass is 35.5. The minimum Gasteiger partial charge on any atom is -0.480 e. The van der Waals surface area contributed by atoms with Gasteiger partial charge in [-0.05, 0) is 82.6 Å². The second-order valence-electron chi connectivity index (χ2n) is 16.5. The fraction of sp³-hybridized carbons (Fsp3) is 0.455. The zero-order chi connectivity index (χ0) is 44.0. The number of aromatic nitrogens is 4. The average Bonchev–Trinajstić information content (AvgIpc) is 3.24. The number of nitrogens with one attached hydrogen (secondary N) is 2. The first-order valence-corrected chi connectivity index (χ1v) is 21.5. The summed E-state index contributed by atoms with van der Waals surface area (Å²) in [6, 6.07) is 11.6. The van der Waals surface area contributed by atoms with Gasteiger partial charge in [0.2, 0.25) is 11.9 Å². The van der Waals surface area contributed by atoms with Gasteiger partial charge in [-0.1, -0.05) is 47.5 Å².